The van der Waals surface area contributed by atoms with Crippen LogP contribution in [0.15, 0.2) is 46.9 Å². The number of rotatable bonds is 5. The van der Waals surface area contributed by atoms with Crippen LogP contribution in [0.2, 0.25) is 0 Å². The molecule has 0 bridgehead atoms. The molecule has 3 rings (SSSR count). The van der Waals surface area contributed by atoms with Crippen LogP contribution in [0.4, 0.5) is 0 Å². The Labute approximate surface area is 144 Å². The third-order valence-corrected chi connectivity index (χ3v) is 4.86. The van der Waals surface area contributed by atoms with Crippen molar-refractivity contribution >= 4 is 28.8 Å². The Morgan fingerprint density at radius 2 is 2.00 bits per heavy atom. The van der Waals surface area contributed by atoms with Crippen molar-refractivity contribution in [1.82, 2.24) is 5.43 Å². The van der Waals surface area contributed by atoms with Crippen LogP contribution in [0.5, 0.6) is 0 Å². The van der Waals surface area contributed by atoms with Gasteiger partial charge in [-0.15, -0.1) is 11.3 Å². The predicted molar refractivity (Wildman–Crippen MR) is 93.6 cm³/mol. The van der Waals surface area contributed by atoms with E-state index in [1.807, 2.05) is 36.6 Å². The van der Waals surface area contributed by atoms with Gasteiger partial charge in [0.05, 0.1) is 12.5 Å². The molecule has 0 fully saturated rings. The highest BCUT2D eigenvalue weighted by Gasteiger charge is 2.42. The van der Waals surface area contributed by atoms with Gasteiger partial charge in [-0.25, -0.2) is 4.79 Å². The zero-order valence-corrected chi connectivity index (χ0v) is 14.3. The molecule has 0 amide bonds. The Bertz CT molecular complexity index is 766. The lowest BCUT2D eigenvalue weighted by molar-refractivity contribution is -0.135. The van der Waals surface area contributed by atoms with E-state index in [4.69, 9.17) is 4.74 Å². The number of thiophene rings is 1. The summed E-state index contributed by atoms with van der Waals surface area (Å²) < 4.78 is 5.09. The summed E-state index contributed by atoms with van der Waals surface area (Å²) in [5.74, 6) is -1.00. The highest BCUT2D eigenvalue weighted by Crippen LogP contribution is 2.31. The van der Waals surface area contributed by atoms with E-state index in [0.717, 1.165) is 10.4 Å². The van der Waals surface area contributed by atoms with E-state index in [-0.39, 0.29) is 18.1 Å². The van der Waals surface area contributed by atoms with Crippen molar-refractivity contribution in [2.75, 3.05) is 6.61 Å². The molecule has 2 atom stereocenters. The first kappa shape index (κ1) is 16.4. The fraction of sp³-hybridized carbons (Fsp3) is 0.278. The molecule has 1 aromatic carbocycles. The van der Waals surface area contributed by atoms with Gasteiger partial charge < -0.3 is 4.74 Å². The van der Waals surface area contributed by atoms with Crippen molar-refractivity contribution < 1.29 is 14.3 Å². The molecule has 2 aromatic rings. The molecule has 5 nitrogen and oxygen atoms in total. The molecule has 1 aromatic heterocycles. The van der Waals surface area contributed by atoms with Gasteiger partial charge in [0.25, 0.3) is 0 Å². The van der Waals surface area contributed by atoms with Crippen molar-refractivity contribution in [3.63, 3.8) is 0 Å². The first-order chi connectivity index (χ1) is 11.6. The second-order valence-corrected chi connectivity index (χ2v) is 6.53. The molecular weight excluding hydrogens is 324 g/mol. The van der Waals surface area contributed by atoms with E-state index in [0.29, 0.717) is 5.56 Å². The number of esters is 1. The maximum absolute atomic E-state index is 12.9. The Morgan fingerprint density at radius 3 is 2.62 bits per heavy atom. The number of ketones is 1. The summed E-state index contributed by atoms with van der Waals surface area (Å²) in [5.41, 5.74) is 4.78. The van der Waals surface area contributed by atoms with Gasteiger partial charge >= 0.3 is 5.97 Å². The minimum Gasteiger partial charge on any atom is -0.461 e. The van der Waals surface area contributed by atoms with E-state index in [2.05, 4.69) is 10.5 Å². The number of Topliss-reactive ketones (excluding diaryl/α,β-unsaturated/α-hetero) is 1. The van der Waals surface area contributed by atoms with Gasteiger partial charge in [0.2, 0.25) is 0 Å². The number of carbonyl (C=O) groups is 2. The van der Waals surface area contributed by atoms with Gasteiger partial charge in [-0.05, 0) is 25.3 Å². The van der Waals surface area contributed by atoms with Gasteiger partial charge in [0, 0.05) is 10.4 Å². The maximum atomic E-state index is 12.9. The molecular formula is C18H18N2O3S. The van der Waals surface area contributed by atoms with Crippen molar-refractivity contribution in [3.05, 3.63) is 57.8 Å². The lowest BCUT2D eigenvalue weighted by Crippen LogP contribution is -2.37. The quantitative estimate of drug-likeness (QED) is 0.670. The Morgan fingerprint density at radius 1 is 1.25 bits per heavy atom. The van der Waals surface area contributed by atoms with Gasteiger partial charge in [0.15, 0.2) is 11.5 Å². The molecule has 2 heterocycles. The molecule has 124 valence electrons. The first-order valence-electron chi connectivity index (χ1n) is 7.76. The SMILES string of the molecule is CCOC(=O)C1=NNC(C(=O)c2ccc(C)cc2)C1c1cccs1. The van der Waals surface area contributed by atoms with E-state index >= 15 is 0 Å². The van der Waals surface area contributed by atoms with Crippen LogP contribution < -0.4 is 5.43 Å². The number of carbonyl (C=O) groups excluding carboxylic acids is 2. The average molecular weight is 342 g/mol. The third-order valence-electron chi connectivity index (χ3n) is 3.90. The molecule has 6 heteroatoms. The molecule has 0 radical (unpaired) electrons. The molecule has 2 unspecified atom stereocenters. The van der Waals surface area contributed by atoms with E-state index in [9.17, 15) is 9.59 Å². The second-order valence-electron chi connectivity index (χ2n) is 5.55. The summed E-state index contributed by atoms with van der Waals surface area (Å²) in [6.45, 7) is 3.99. The average Bonchev–Trinajstić information content (AvgIpc) is 3.24. The van der Waals surface area contributed by atoms with Gasteiger partial charge in [-0.2, -0.15) is 5.10 Å². The van der Waals surface area contributed by atoms with Crippen LogP contribution in [-0.4, -0.2) is 30.1 Å². The van der Waals surface area contributed by atoms with Crippen LogP contribution in [0.1, 0.15) is 33.6 Å². The summed E-state index contributed by atoms with van der Waals surface area (Å²) in [5, 5.41) is 6.04. The van der Waals surface area contributed by atoms with Crippen molar-refractivity contribution in [1.29, 1.82) is 0 Å². The number of hydrogen-bond acceptors (Lipinski definition) is 6. The molecule has 0 saturated carbocycles. The summed E-state index contributed by atoms with van der Waals surface area (Å²) in [4.78, 5) is 26.0. The number of aryl methyl sites for hydroxylation is 1. The molecule has 0 aliphatic carbocycles. The fourth-order valence-electron chi connectivity index (χ4n) is 2.69. The normalized spacial score (nSPS) is 19.5. The number of hydrogen-bond donors (Lipinski definition) is 1. The lowest BCUT2D eigenvalue weighted by Gasteiger charge is -2.18. The minimum absolute atomic E-state index is 0.0866. The summed E-state index contributed by atoms with van der Waals surface area (Å²) in [6.07, 6.45) is 0. The highest BCUT2D eigenvalue weighted by atomic mass is 32.1. The Kier molecular flexibility index (Phi) is 4.76. The smallest absolute Gasteiger partial charge is 0.355 e. The summed E-state index contributed by atoms with van der Waals surface area (Å²) in [7, 11) is 0. The molecule has 1 aliphatic rings. The zero-order valence-electron chi connectivity index (χ0n) is 13.5. The monoisotopic (exact) mass is 342 g/mol. The van der Waals surface area contributed by atoms with Crippen LogP contribution in [0, 0.1) is 6.92 Å². The standard InChI is InChI=1S/C18H18N2O3S/c1-3-23-18(22)16-14(13-5-4-10-24-13)15(19-20-16)17(21)12-8-6-11(2)7-9-12/h4-10,14-15,19H,3H2,1-2H3. The van der Waals surface area contributed by atoms with Crippen LogP contribution in [0.25, 0.3) is 0 Å². The van der Waals surface area contributed by atoms with Gasteiger partial charge in [-0.3, -0.25) is 10.2 Å². The topological polar surface area (TPSA) is 67.8 Å². The van der Waals surface area contributed by atoms with Crippen molar-refractivity contribution in [2.45, 2.75) is 25.8 Å². The molecule has 1 aliphatic heterocycles. The zero-order chi connectivity index (χ0) is 17.1. The molecule has 1 N–H and O–H groups in total. The summed E-state index contributed by atoms with van der Waals surface area (Å²) >= 11 is 1.50. The second kappa shape index (κ2) is 6.97. The van der Waals surface area contributed by atoms with E-state index in [1.165, 1.54) is 11.3 Å². The fourth-order valence-corrected chi connectivity index (χ4v) is 3.56. The number of hydrazone groups is 1. The van der Waals surface area contributed by atoms with E-state index in [1.54, 1.807) is 19.1 Å². The van der Waals surface area contributed by atoms with Gasteiger partial charge in [-0.1, -0.05) is 35.9 Å². The number of nitrogens with one attached hydrogen (secondary N) is 1. The van der Waals surface area contributed by atoms with Crippen LogP contribution >= 0.6 is 11.3 Å². The van der Waals surface area contributed by atoms with Crippen LogP contribution in [0.3, 0.4) is 0 Å². The van der Waals surface area contributed by atoms with Crippen LogP contribution in [-0.2, 0) is 9.53 Å². The molecule has 0 spiro atoms. The summed E-state index contributed by atoms with van der Waals surface area (Å²) in [6, 6.07) is 10.6. The van der Waals surface area contributed by atoms with E-state index < -0.39 is 17.9 Å². The van der Waals surface area contributed by atoms with Crippen molar-refractivity contribution in [3.8, 4) is 0 Å². The number of ether oxygens (including phenoxy) is 1. The van der Waals surface area contributed by atoms with Gasteiger partial charge in [0.1, 0.15) is 6.04 Å². The Balaban J connectivity index is 1.92. The maximum Gasteiger partial charge on any atom is 0.355 e. The highest BCUT2D eigenvalue weighted by molar-refractivity contribution is 7.10. The number of nitrogens with zero attached hydrogens (tertiary/aromatic N) is 1. The Hall–Kier alpha value is -2.47. The third kappa shape index (κ3) is 3.10. The van der Waals surface area contributed by atoms with Crippen molar-refractivity contribution in [2.24, 2.45) is 5.10 Å². The number of benzene rings is 1. The molecule has 24 heavy (non-hydrogen) atoms. The first-order valence-corrected chi connectivity index (χ1v) is 8.64. The largest absolute Gasteiger partial charge is 0.461 e. The molecule has 0 saturated heterocycles. The minimum atomic E-state index is -0.606. The predicted octanol–water partition coefficient (Wildman–Crippen LogP) is 2.91. The lowest BCUT2D eigenvalue weighted by atomic mass is 9.88.